The van der Waals surface area contributed by atoms with Gasteiger partial charge < -0.3 is 14.6 Å². The molecule has 3 aromatic rings. The normalized spacial score (nSPS) is 15.4. The molecule has 1 N–H and O–H groups in total. The highest BCUT2D eigenvalue weighted by atomic mass is 35.5. The van der Waals surface area contributed by atoms with Gasteiger partial charge >= 0.3 is 0 Å². The maximum Gasteiger partial charge on any atom is 0.289 e. The van der Waals surface area contributed by atoms with E-state index in [-0.39, 0.29) is 17.9 Å². The molecular weight excluding hydrogens is 380 g/mol. The standard InChI is InChI=1S/C20H19ClN4O3/c21-19-15(25-10-2-1-5-17(25)23-19)6-7-18(26)22-14-8-11-24(12-9-14)20(27)16-4-3-13-28-16/h1-7,10,13-14H,8-9,11-12H2,(H,22,26)/b7-6+. The summed E-state index contributed by atoms with van der Waals surface area (Å²) >= 11 is 6.17. The molecule has 144 valence electrons. The van der Waals surface area contributed by atoms with Crippen LogP contribution in [0.2, 0.25) is 5.15 Å². The summed E-state index contributed by atoms with van der Waals surface area (Å²) in [6.45, 7) is 1.15. The number of likely N-dealkylation sites (tertiary alicyclic amines) is 1. The molecule has 3 aromatic heterocycles. The van der Waals surface area contributed by atoms with E-state index in [0.717, 1.165) is 5.65 Å². The zero-order valence-corrected chi connectivity index (χ0v) is 15.8. The average molecular weight is 399 g/mol. The Hall–Kier alpha value is -3.06. The molecule has 0 atom stereocenters. The summed E-state index contributed by atoms with van der Waals surface area (Å²) in [4.78, 5) is 30.6. The maximum absolute atomic E-state index is 12.3. The summed E-state index contributed by atoms with van der Waals surface area (Å²) in [5, 5.41) is 3.33. The first-order valence-corrected chi connectivity index (χ1v) is 9.43. The third-order valence-electron chi connectivity index (χ3n) is 4.78. The van der Waals surface area contributed by atoms with Crippen molar-refractivity contribution in [3.05, 3.63) is 65.5 Å². The Balaban J connectivity index is 1.33. The number of rotatable bonds is 4. The molecule has 1 aliphatic heterocycles. The Morgan fingerprint density at radius 1 is 1.21 bits per heavy atom. The molecule has 0 aromatic carbocycles. The van der Waals surface area contributed by atoms with Crippen LogP contribution >= 0.6 is 11.6 Å². The Bertz CT molecular complexity index is 1020. The summed E-state index contributed by atoms with van der Waals surface area (Å²) in [7, 11) is 0. The minimum Gasteiger partial charge on any atom is -0.459 e. The summed E-state index contributed by atoms with van der Waals surface area (Å²) < 4.78 is 6.98. The lowest BCUT2D eigenvalue weighted by Gasteiger charge is -2.31. The second kappa shape index (κ2) is 7.90. The predicted molar refractivity (Wildman–Crippen MR) is 105 cm³/mol. The van der Waals surface area contributed by atoms with Gasteiger partial charge in [-0.15, -0.1) is 0 Å². The monoisotopic (exact) mass is 398 g/mol. The number of hydrogen-bond acceptors (Lipinski definition) is 4. The lowest BCUT2D eigenvalue weighted by atomic mass is 10.0. The van der Waals surface area contributed by atoms with Crippen LogP contribution in [0.4, 0.5) is 0 Å². The van der Waals surface area contributed by atoms with Crippen LogP contribution in [0.15, 0.2) is 53.3 Å². The molecule has 0 spiro atoms. The molecule has 7 nitrogen and oxygen atoms in total. The first kappa shape index (κ1) is 18.3. The van der Waals surface area contributed by atoms with E-state index in [2.05, 4.69) is 10.3 Å². The van der Waals surface area contributed by atoms with E-state index in [1.807, 2.05) is 28.8 Å². The van der Waals surface area contributed by atoms with Gasteiger partial charge in [-0.2, -0.15) is 0 Å². The van der Waals surface area contributed by atoms with Gasteiger partial charge in [0.1, 0.15) is 5.65 Å². The number of nitrogens with zero attached hydrogens (tertiary/aromatic N) is 3. The lowest BCUT2D eigenvalue weighted by Crippen LogP contribution is -2.46. The Morgan fingerprint density at radius 3 is 2.79 bits per heavy atom. The average Bonchev–Trinajstić information content (AvgIpc) is 3.34. The van der Waals surface area contributed by atoms with Crippen LogP contribution in [-0.4, -0.2) is 45.2 Å². The van der Waals surface area contributed by atoms with E-state index in [1.54, 1.807) is 23.1 Å². The van der Waals surface area contributed by atoms with Gasteiger partial charge in [0, 0.05) is 31.4 Å². The summed E-state index contributed by atoms with van der Waals surface area (Å²) in [6.07, 6.45) is 7.85. The number of halogens is 1. The minimum atomic E-state index is -0.197. The zero-order valence-electron chi connectivity index (χ0n) is 15.0. The van der Waals surface area contributed by atoms with Crippen LogP contribution in [0.3, 0.4) is 0 Å². The molecule has 0 saturated carbocycles. The SMILES string of the molecule is O=C(/C=C/c1c(Cl)nc2ccccn12)NC1CCN(C(=O)c2ccco2)CC1. The van der Waals surface area contributed by atoms with Crippen molar-refractivity contribution in [1.82, 2.24) is 19.6 Å². The highest BCUT2D eigenvalue weighted by molar-refractivity contribution is 6.31. The van der Waals surface area contributed by atoms with Crippen LogP contribution < -0.4 is 5.32 Å². The zero-order chi connectivity index (χ0) is 19.5. The van der Waals surface area contributed by atoms with E-state index >= 15 is 0 Å². The number of furan rings is 1. The van der Waals surface area contributed by atoms with Crippen molar-refractivity contribution in [3.63, 3.8) is 0 Å². The van der Waals surface area contributed by atoms with Crippen molar-refractivity contribution >= 4 is 35.1 Å². The fourth-order valence-corrected chi connectivity index (χ4v) is 3.56. The Labute approximate surface area is 166 Å². The van der Waals surface area contributed by atoms with Gasteiger partial charge in [0.2, 0.25) is 5.91 Å². The van der Waals surface area contributed by atoms with Gasteiger partial charge in [-0.3, -0.25) is 14.0 Å². The number of hydrogen-bond donors (Lipinski definition) is 1. The second-order valence-corrected chi connectivity index (χ2v) is 6.96. The number of piperidine rings is 1. The number of amides is 2. The first-order chi connectivity index (χ1) is 13.6. The number of fused-ring (bicyclic) bond motifs is 1. The van der Waals surface area contributed by atoms with Gasteiger partial charge in [0.25, 0.3) is 5.91 Å². The molecule has 2 amide bonds. The summed E-state index contributed by atoms with van der Waals surface area (Å²) in [6, 6.07) is 8.98. The van der Waals surface area contributed by atoms with Gasteiger partial charge in [-0.25, -0.2) is 4.98 Å². The molecule has 4 heterocycles. The van der Waals surface area contributed by atoms with Crippen LogP contribution in [0.5, 0.6) is 0 Å². The third kappa shape index (κ3) is 3.80. The van der Waals surface area contributed by atoms with E-state index in [9.17, 15) is 9.59 Å². The van der Waals surface area contributed by atoms with Gasteiger partial charge in [0.15, 0.2) is 10.9 Å². The number of pyridine rings is 1. The van der Waals surface area contributed by atoms with Gasteiger partial charge in [0.05, 0.1) is 12.0 Å². The van der Waals surface area contributed by atoms with Crippen molar-refractivity contribution in [2.24, 2.45) is 0 Å². The lowest BCUT2D eigenvalue weighted by molar-refractivity contribution is -0.117. The largest absolute Gasteiger partial charge is 0.459 e. The fraction of sp³-hybridized carbons (Fsp3) is 0.250. The maximum atomic E-state index is 12.3. The number of imidazole rings is 1. The van der Waals surface area contributed by atoms with Gasteiger partial charge in [-0.1, -0.05) is 17.7 Å². The van der Waals surface area contributed by atoms with Gasteiger partial charge in [-0.05, 0) is 43.2 Å². The van der Waals surface area contributed by atoms with E-state index in [0.29, 0.717) is 42.5 Å². The number of aromatic nitrogens is 2. The molecule has 8 heteroatoms. The van der Waals surface area contributed by atoms with Crippen molar-refractivity contribution < 1.29 is 14.0 Å². The highest BCUT2D eigenvalue weighted by Gasteiger charge is 2.25. The smallest absolute Gasteiger partial charge is 0.289 e. The highest BCUT2D eigenvalue weighted by Crippen LogP contribution is 2.19. The van der Waals surface area contributed by atoms with Crippen LogP contribution in [0, 0.1) is 0 Å². The molecule has 1 aliphatic rings. The minimum absolute atomic E-state index is 0.0236. The van der Waals surface area contributed by atoms with E-state index in [4.69, 9.17) is 16.0 Å². The number of carbonyl (C=O) groups excluding carboxylic acids is 2. The summed E-state index contributed by atoms with van der Waals surface area (Å²) in [5.41, 5.74) is 1.38. The molecule has 1 saturated heterocycles. The molecule has 4 rings (SSSR count). The van der Waals surface area contributed by atoms with Crippen LogP contribution in [0.1, 0.15) is 29.1 Å². The van der Waals surface area contributed by atoms with Crippen molar-refractivity contribution in [2.75, 3.05) is 13.1 Å². The van der Waals surface area contributed by atoms with Crippen molar-refractivity contribution in [2.45, 2.75) is 18.9 Å². The van der Waals surface area contributed by atoms with Crippen LogP contribution in [-0.2, 0) is 4.79 Å². The Kier molecular flexibility index (Phi) is 5.16. The molecule has 0 radical (unpaired) electrons. The van der Waals surface area contributed by atoms with Crippen LogP contribution in [0.25, 0.3) is 11.7 Å². The van der Waals surface area contributed by atoms with E-state index < -0.39 is 0 Å². The molecular formula is C20H19ClN4O3. The van der Waals surface area contributed by atoms with Crippen molar-refractivity contribution in [1.29, 1.82) is 0 Å². The van der Waals surface area contributed by atoms with E-state index in [1.165, 1.54) is 12.3 Å². The molecule has 28 heavy (non-hydrogen) atoms. The third-order valence-corrected chi connectivity index (χ3v) is 5.05. The quantitative estimate of drug-likeness (QED) is 0.685. The molecule has 1 fully saturated rings. The fourth-order valence-electron chi connectivity index (χ4n) is 3.32. The van der Waals surface area contributed by atoms with Crippen molar-refractivity contribution in [3.8, 4) is 0 Å². The number of carbonyl (C=O) groups is 2. The second-order valence-electron chi connectivity index (χ2n) is 6.60. The summed E-state index contributed by atoms with van der Waals surface area (Å²) in [5.74, 6) is 0.0324. The topological polar surface area (TPSA) is 79.9 Å². The molecule has 0 unspecified atom stereocenters. The number of nitrogens with one attached hydrogen (secondary N) is 1. The predicted octanol–water partition coefficient (Wildman–Crippen LogP) is 3.01. The first-order valence-electron chi connectivity index (χ1n) is 9.06. The molecule has 0 aliphatic carbocycles. The Morgan fingerprint density at radius 2 is 2.04 bits per heavy atom. The molecule has 0 bridgehead atoms.